The fourth-order valence-corrected chi connectivity index (χ4v) is 3.49. The summed E-state index contributed by atoms with van der Waals surface area (Å²) in [5.74, 6) is 2.50. The Hall–Kier alpha value is -3.46. The van der Waals surface area contributed by atoms with E-state index in [0.29, 0.717) is 34.7 Å². The van der Waals surface area contributed by atoms with Gasteiger partial charge < -0.3 is 24.3 Å². The molecule has 0 saturated carbocycles. The molecular weight excluding hydrogens is 406 g/mol. The molecule has 0 aliphatic carbocycles. The third kappa shape index (κ3) is 4.93. The van der Waals surface area contributed by atoms with Crippen molar-refractivity contribution in [3.05, 3.63) is 47.3 Å². The zero-order valence-corrected chi connectivity index (χ0v) is 18.0. The number of carbonyl (C=O) groups is 1. The molecule has 1 heterocycles. The number of carbonyl (C=O) groups excluding carboxylic acids is 1. The zero-order valence-electron chi connectivity index (χ0n) is 17.1. The number of anilines is 1. The van der Waals surface area contributed by atoms with E-state index in [9.17, 15) is 4.79 Å². The van der Waals surface area contributed by atoms with Crippen LogP contribution in [0.25, 0.3) is 11.3 Å². The van der Waals surface area contributed by atoms with Gasteiger partial charge in [0.15, 0.2) is 28.1 Å². The van der Waals surface area contributed by atoms with Gasteiger partial charge in [-0.3, -0.25) is 5.32 Å². The Balaban J connectivity index is 1.61. The van der Waals surface area contributed by atoms with Gasteiger partial charge in [-0.1, -0.05) is 6.07 Å². The van der Waals surface area contributed by atoms with Gasteiger partial charge in [-0.2, -0.15) is 0 Å². The quantitative estimate of drug-likeness (QED) is 0.559. The lowest BCUT2D eigenvalue weighted by molar-refractivity contribution is 0.251. The van der Waals surface area contributed by atoms with Crippen molar-refractivity contribution in [2.75, 3.05) is 33.8 Å². The molecule has 1 aromatic heterocycles. The van der Waals surface area contributed by atoms with E-state index in [1.165, 1.54) is 11.3 Å². The van der Waals surface area contributed by atoms with Gasteiger partial charge in [0, 0.05) is 17.5 Å². The molecule has 0 aliphatic heterocycles. The number of nitrogens with zero attached hydrogens (tertiary/aromatic N) is 1. The first-order chi connectivity index (χ1) is 14.6. The highest BCUT2D eigenvalue weighted by molar-refractivity contribution is 7.14. The van der Waals surface area contributed by atoms with Crippen molar-refractivity contribution in [2.24, 2.45) is 0 Å². The second kappa shape index (κ2) is 9.84. The molecule has 8 nitrogen and oxygen atoms in total. The Bertz CT molecular complexity index is 1020. The Labute approximate surface area is 178 Å². The highest BCUT2D eigenvalue weighted by Gasteiger charge is 2.11. The monoisotopic (exact) mass is 429 g/mol. The van der Waals surface area contributed by atoms with Crippen LogP contribution in [0.5, 0.6) is 23.0 Å². The van der Waals surface area contributed by atoms with Crippen molar-refractivity contribution < 1.29 is 23.7 Å². The van der Waals surface area contributed by atoms with Gasteiger partial charge >= 0.3 is 6.03 Å². The first-order valence-electron chi connectivity index (χ1n) is 9.01. The molecule has 0 spiro atoms. The molecule has 158 valence electrons. The van der Waals surface area contributed by atoms with E-state index in [1.807, 2.05) is 35.7 Å². The number of methoxy groups -OCH3 is 4. The molecule has 2 amide bonds. The molecule has 0 aliphatic rings. The molecule has 30 heavy (non-hydrogen) atoms. The van der Waals surface area contributed by atoms with E-state index < -0.39 is 0 Å². The first-order valence-corrected chi connectivity index (χ1v) is 9.89. The van der Waals surface area contributed by atoms with Crippen molar-refractivity contribution in [2.45, 2.75) is 6.54 Å². The topological polar surface area (TPSA) is 90.9 Å². The van der Waals surface area contributed by atoms with E-state index in [2.05, 4.69) is 15.6 Å². The Kier molecular flexibility index (Phi) is 6.97. The van der Waals surface area contributed by atoms with Crippen LogP contribution in [0.15, 0.2) is 41.8 Å². The molecule has 3 rings (SSSR count). The number of hydrogen-bond acceptors (Lipinski definition) is 7. The molecule has 0 atom stereocenters. The van der Waals surface area contributed by atoms with E-state index >= 15 is 0 Å². The van der Waals surface area contributed by atoms with E-state index in [0.717, 1.165) is 16.8 Å². The number of benzene rings is 2. The maximum atomic E-state index is 12.2. The van der Waals surface area contributed by atoms with Crippen LogP contribution >= 0.6 is 11.3 Å². The molecule has 0 bridgehead atoms. The van der Waals surface area contributed by atoms with Crippen molar-refractivity contribution in [1.29, 1.82) is 0 Å². The molecule has 2 N–H and O–H groups in total. The summed E-state index contributed by atoms with van der Waals surface area (Å²) in [6.07, 6.45) is 0. The average molecular weight is 429 g/mol. The molecule has 0 fully saturated rings. The van der Waals surface area contributed by atoms with Gasteiger partial charge in [0.05, 0.1) is 34.1 Å². The predicted molar refractivity (Wildman–Crippen MR) is 116 cm³/mol. The Morgan fingerprint density at radius 3 is 2.20 bits per heavy atom. The van der Waals surface area contributed by atoms with Gasteiger partial charge in [-0.25, -0.2) is 9.78 Å². The van der Waals surface area contributed by atoms with Crippen molar-refractivity contribution in [3.63, 3.8) is 0 Å². The van der Waals surface area contributed by atoms with Crippen molar-refractivity contribution in [1.82, 2.24) is 10.3 Å². The van der Waals surface area contributed by atoms with Crippen LogP contribution in [0.3, 0.4) is 0 Å². The van der Waals surface area contributed by atoms with Crippen LogP contribution in [0.2, 0.25) is 0 Å². The number of ether oxygens (including phenoxy) is 4. The minimum Gasteiger partial charge on any atom is -0.493 e. The SMILES string of the molecule is COc1ccc(CNC(=O)Nc2nc(-c3ccc(OC)c(OC)c3)cs2)cc1OC. The second-order valence-corrected chi connectivity index (χ2v) is 6.96. The maximum Gasteiger partial charge on any atom is 0.321 e. The minimum atomic E-state index is -0.349. The van der Waals surface area contributed by atoms with Gasteiger partial charge in [-0.15, -0.1) is 11.3 Å². The van der Waals surface area contributed by atoms with Crippen LogP contribution in [0.4, 0.5) is 9.93 Å². The summed E-state index contributed by atoms with van der Waals surface area (Å²) in [6, 6.07) is 10.7. The summed E-state index contributed by atoms with van der Waals surface area (Å²) < 4.78 is 21.1. The van der Waals surface area contributed by atoms with Crippen molar-refractivity contribution >= 4 is 22.5 Å². The van der Waals surface area contributed by atoms with Crippen LogP contribution in [0, 0.1) is 0 Å². The Morgan fingerprint density at radius 1 is 0.900 bits per heavy atom. The second-order valence-electron chi connectivity index (χ2n) is 6.10. The lowest BCUT2D eigenvalue weighted by Gasteiger charge is -2.10. The fraction of sp³-hybridized carbons (Fsp3) is 0.238. The lowest BCUT2D eigenvalue weighted by Crippen LogP contribution is -2.28. The number of urea groups is 1. The largest absolute Gasteiger partial charge is 0.493 e. The number of hydrogen-bond donors (Lipinski definition) is 2. The van der Waals surface area contributed by atoms with Crippen LogP contribution < -0.4 is 29.6 Å². The van der Waals surface area contributed by atoms with E-state index in [4.69, 9.17) is 18.9 Å². The third-order valence-corrected chi connectivity index (χ3v) is 5.06. The van der Waals surface area contributed by atoms with Gasteiger partial charge in [0.2, 0.25) is 0 Å². The number of amides is 2. The lowest BCUT2D eigenvalue weighted by atomic mass is 10.1. The normalized spacial score (nSPS) is 10.3. The zero-order chi connectivity index (χ0) is 21.5. The summed E-state index contributed by atoms with van der Waals surface area (Å²) in [4.78, 5) is 16.7. The molecule has 0 saturated heterocycles. The first kappa shape index (κ1) is 21.3. The maximum absolute atomic E-state index is 12.2. The summed E-state index contributed by atoms with van der Waals surface area (Å²) in [5, 5.41) is 7.91. The van der Waals surface area contributed by atoms with Crippen LogP contribution in [-0.4, -0.2) is 39.5 Å². The minimum absolute atomic E-state index is 0.333. The highest BCUT2D eigenvalue weighted by atomic mass is 32.1. The molecule has 3 aromatic rings. The van der Waals surface area contributed by atoms with Crippen LogP contribution in [0.1, 0.15) is 5.56 Å². The Morgan fingerprint density at radius 2 is 1.53 bits per heavy atom. The number of nitrogens with one attached hydrogen (secondary N) is 2. The van der Waals surface area contributed by atoms with E-state index in [-0.39, 0.29) is 6.03 Å². The standard InChI is InChI=1S/C21H23N3O5S/c1-26-16-7-5-13(9-18(16)28-3)11-22-20(25)24-21-23-15(12-30-21)14-6-8-17(27-2)19(10-14)29-4/h5-10,12H,11H2,1-4H3,(H2,22,23,24,25). The predicted octanol–water partition coefficient (Wildman–Crippen LogP) is 4.17. The number of aromatic nitrogens is 1. The molecular formula is C21H23N3O5S. The van der Waals surface area contributed by atoms with Gasteiger partial charge in [0.25, 0.3) is 0 Å². The molecule has 2 aromatic carbocycles. The highest BCUT2D eigenvalue weighted by Crippen LogP contribution is 2.33. The van der Waals surface area contributed by atoms with Gasteiger partial charge in [0.1, 0.15) is 0 Å². The molecule has 0 unspecified atom stereocenters. The third-order valence-electron chi connectivity index (χ3n) is 4.30. The van der Waals surface area contributed by atoms with E-state index in [1.54, 1.807) is 34.5 Å². The molecule has 0 radical (unpaired) electrons. The van der Waals surface area contributed by atoms with Crippen LogP contribution in [-0.2, 0) is 6.54 Å². The van der Waals surface area contributed by atoms with Crippen molar-refractivity contribution in [3.8, 4) is 34.3 Å². The molecule has 9 heteroatoms. The number of thiazole rings is 1. The fourth-order valence-electron chi connectivity index (χ4n) is 2.77. The summed E-state index contributed by atoms with van der Waals surface area (Å²) in [6.45, 7) is 0.333. The van der Waals surface area contributed by atoms with Gasteiger partial charge in [-0.05, 0) is 35.9 Å². The summed E-state index contributed by atoms with van der Waals surface area (Å²) >= 11 is 1.34. The summed E-state index contributed by atoms with van der Waals surface area (Å²) in [5.41, 5.74) is 2.48. The average Bonchev–Trinajstić information content (AvgIpc) is 3.25. The number of rotatable bonds is 8. The summed E-state index contributed by atoms with van der Waals surface area (Å²) in [7, 11) is 6.31. The smallest absolute Gasteiger partial charge is 0.321 e.